The van der Waals surface area contributed by atoms with E-state index in [2.05, 4.69) is 18.1 Å². The van der Waals surface area contributed by atoms with Crippen molar-refractivity contribution in [3.8, 4) is 11.8 Å². The van der Waals surface area contributed by atoms with Crippen LogP contribution in [0.2, 0.25) is 0 Å². The molecule has 1 N–H and O–H groups in total. The van der Waals surface area contributed by atoms with Gasteiger partial charge >= 0.3 is 6.16 Å². The van der Waals surface area contributed by atoms with Gasteiger partial charge in [0.1, 0.15) is 5.82 Å². The summed E-state index contributed by atoms with van der Waals surface area (Å²) < 4.78 is 26.8. The molecule has 0 amide bonds. The number of carbonyl (C=O) groups is 2. The van der Waals surface area contributed by atoms with Crippen LogP contribution < -0.4 is 0 Å². The van der Waals surface area contributed by atoms with Crippen LogP contribution in [-0.4, -0.2) is 49.7 Å². The van der Waals surface area contributed by atoms with Gasteiger partial charge in [-0.15, -0.1) is 0 Å². The molecule has 0 spiro atoms. The number of aromatic nitrogens is 2. The third-order valence-electron chi connectivity index (χ3n) is 10.8. The lowest BCUT2D eigenvalue weighted by Crippen LogP contribution is -2.62. The van der Waals surface area contributed by atoms with Gasteiger partial charge in [0, 0.05) is 5.41 Å². The fourth-order valence-electron chi connectivity index (χ4n) is 9.08. The summed E-state index contributed by atoms with van der Waals surface area (Å²) in [5.74, 6) is -0.228. The van der Waals surface area contributed by atoms with Gasteiger partial charge in [-0.25, -0.2) is 13.9 Å². The highest BCUT2D eigenvalue weighted by molar-refractivity contribution is 8.14. The van der Waals surface area contributed by atoms with Gasteiger partial charge in [-0.1, -0.05) is 31.2 Å². The Bertz CT molecular complexity index is 1520. The van der Waals surface area contributed by atoms with E-state index in [1.54, 1.807) is 26.0 Å². The molecular weight excluding hydrogens is 569 g/mol. The second-order valence-corrected chi connectivity index (χ2v) is 14.3. The number of aliphatic hydroxyl groups excluding tert-OH is 1. The van der Waals surface area contributed by atoms with Crippen molar-refractivity contribution < 1.29 is 28.6 Å². The second-order valence-electron chi connectivity index (χ2n) is 13.3. The summed E-state index contributed by atoms with van der Waals surface area (Å²) in [6.45, 7) is 7.67. The van der Waals surface area contributed by atoms with Crippen molar-refractivity contribution in [1.82, 2.24) is 9.78 Å². The lowest BCUT2D eigenvalue weighted by atomic mass is 9.45. The number of carbonyl (C=O) groups excluding carboxylic acids is 2. The normalized spacial score (nSPS) is 34.2. The first-order valence-electron chi connectivity index (χ1n) is 15.1. The average molecular weight is 608 g/mol. The topological polar surface area (TPSA) is 114 Å². The van der Waals surface area contributed by atoms with Crippen LogP contribution in [0.4, 0.5) is 9.18 Å². The zero-order valence-electron chi connectivity index (χ0n) is 25.0. The van der Waals surface area contributed by atoms with E-state index < -0.39 is 29.4 Å². The maximum absolute atomic E-state index is 13.8. The van der Waals surface area contributed by atoms with Crippen molar-refractivity contribution in [2.75, 3.05) is 5.75 Å². The number of hydrogen-bond donors (Lipinski definition) is 1. The first-order chi connectivity index (χ1) is 20.4. The average Bonchev–Trinajstić information content (AvgIpc) is 3.47. The molecule has 228 valence electrons. The summed E-state index contributed by atoms with van der Waals surface area (Å²) in [4.78, 5) is 26.7. The summed E-state index contributed by atoms with van der Waals surface area (Å²) in [5.41, 5.74) is 1.54. The molecule has 7 atom stereocenters. The van der Waals surface area contributed by atoms with Crippen molar-refractivity contribution in [2.24, 2.45) is 28.6 Å². The molecule has 0 bridgehead atoms. The van der Waals surface area contributed by atoms with E-state index in [0.717, 1.165) is 48.0 Å². The Morgan fingerprint density at radius 2 is 2.00 bits per heavy atom. The molecular formula is C33H38FN3O5S. The molecule has 0 unspecified atom stereocenters. The fourth-order valence-corrected chi connectivity index (χ4v) is 9.88. The van der Waals surface area contributed by atoms with E-state index in [1.807, 2.05) is 23.9 Å². The number of rotatable bonds is 5. The van der Waals surface area contributed by atoms with Crippen molar-refractivity contribution in [3.63, 3.8) is 0 Å². The van der Waals surface area contributed by atoms with Crippen LogP contribution in [-0.2, 0) is 20.7 Å². The number of ether oxygens (including phenoxy) is 2. The van der Waals surface area contributed by atoms with Gasteiger partial charge in [0.05, 0.1) is 41.6 Å². The molecule has 0 saturated heterocycles. The minimum absolute atomic E-state index is 0.0427. The third-order valence-corrected chi connectivity index (χ3v) is 11.7. The summed E-state index contributed by atoms with van der Waals surface area (Å²) in [7, 11) is 0. The van der Waals surface area contributed by atoms with Crippen LogP contribution in [0, 0.1) is 45.7 Å². The maximum atomic E-state index is 13.8. The van der Waals surface area contributed by atoms with E-state index in [9.17, 15) is 24.3 Å². The van der Waals surface area contributed by atoms with Gasteiger partial charge in [0.2, 0.25) is 5.12 Å². The highest BCUT2D eigenvalue weighted by Crippen LogP contribution is 2.69. The van der Waals surface area contributed by atoms with Crippen LogP contribution in [0.5, 0.6) is 0 Å². The SMILES string of the molecule is CC(C)OC(=O)O[C@]1(C(=O)SCC#N)CC[C@H]2[C@@H]3CCC4=Cc5c(cnn5-c5ccc(F)cc5)C[C@]4(C)[C@H]3[C@@H](O)C[C@@]21C. The largest absolute Gasteiger partial charge is 0.509 e. The second kappa shape index (κ2) is 10.8. The quantitative estimate of drug-likeness (QED) is 0.397. The molecule has 8 nitrogen and oxygen atoms in total. The molecule has 4 aliphatic rings. The lowest BCUT2D eigenvalue weighted by Gasteiger charge is -2.60. The smallest absolute Gasteiger partial charge is 0.432 e. The van der Waals surface area contributed by atoms with Crippen molar-refractivity contribution in [3.05, 3.63) is 53.1 Å². The predicted octanol–water partition coefficient (Wildman–Crippen LogP) is 6.25. The summed E-state index contributed by atoms with van der Waals surface area (Å²) in [6, 6.07) is 8.32. The zero-order valence-corrected chi connectivity index (χ0v) is 25.8. The standard InChI is InChI=1S/C33H38FN3O5S/c1-19(2)41-30(40)42-33(29(39)43-14-13-35)12-11-25-24-10-5-21-15-26-20(18-36-37(26)23-8-6-22(34)7-9-23)16-31(21,3)28(24)27(38)17-32(25,33)4/h6-9,15,18-19,24-25,27-28,38H,5,10-12,14,16-17H2,1-4H3/t24-,25-,27-,28+,31-,32-,33-/m0/s1. The number of aliphatic hydroxyl groups is 1. The number of nitriles is 1. The van der Waals surface area contributed by atoms with Crippen LogP contribution in [0.25, 0.3) is 11.8 Å². The summed E-state index contributed by atoms with van der Waals surface area (Å²) >= 11 is 0.876. The Hall–Kier alpha value is -3.16. The molecule has 1 aromatic carbocycles. The van der Waals surface area contributed by atoms with E-state index in [-0.39, 0.29) is 39.9 Å². The first-order valence-corrected chi connectivity index (χ1v) is 16.1. The van der Waals surface area contributed by atoms with E-state index in [4.69, 9.17) is 9.47 Å². The first kappa shape index (κ1) is 29.9. The predicted molar refractivity (Wildman–Crippen MR) is 159 cm³/mol. The lowest BCUT2D eigenvalue weighted by molar-refractivity contribution is -0.179. The molecule has 10 heteroatoms. The van der Waals surface area contributed by atoms with Gasteiger partial charge in [-0.2, -0.15) is 10.4 Å². The maximum Gasteiger partial charge on any atom is 0.509 e. The van der Waals surface area contributed by atoms with Crippen LogP contribution in [0.1, 0.15) is 71.1 Å². The molecule has 2 aromatic rings. The fraction of sp³-hybridized carbons (Fsp3) is 0.576. The Morgan fingerprint density at radius 1 is 1.26 bits per heavy atom. The van der Waals surface area contributed by atoms with Gasteiger partial charge in [0.15, 0.2) is 5.60 Å². The monoisotopic (exact) mass is 607 g/mol. The number of benzene rings is 1. The van der Waals surface area contributed by atoms with Crippen LogP contribution in [0.15, 0.2) is 36.0 Å². The number of halogens is 1. The molecule has 3 fully saturated rings. The Kier molecular flexibility index (Phi) is 7.49. The minimum Gasteiger partial charge on any atom is -0.432 e. The Labute approximate surface area is 255 Å². The van der Waals surface area contributed by atoms with Gasteiger partial charge in [-0.05, 0) is 111 Å². The number of thioether (sulfide) groups is 1. The van der Waals surface area contributed by atoms with Crippen LogP contribution >= 0.6 is 11.8 Å². The van der Waals surface area contributed by atoms with Crippen molar-refractivity contribution in [2.45, 2.75) is 84.0 Å². The van der Waals surface area contributed by atoms with Crippen molar-refractivity contribution >= 4 is 29.1 Å². The summed E-state index contributed by atoms with van der Waals surface area (Å²) in [5, 5.41) is 25.5. The highest BCUT2D eigenvalue weighted by Gasteiger charge is 2.71. The van der Waals surface area contributed by atoms with Gasteiger partial charge in [0.25, 0.3) is 0 Å². The molecule has 43 heavy (non-hydrogen) atoms. The number of fused-ring (bicyclic) bond motifs is 6. The molecule has 3 saturated carbocycles. The molecule has 1 aromatic heterocycles. The number of nitrogens with zero attached hydrogens (tertiary/aromatic N) is 3. The van der Waals surface area contributed by atoms with Crippen LogP contribution in [0.3, 0.4) is 0 Å². The molecule has 1 heterocycles. The summed E-state index contributed by atoms with van der Waals surface area (Å²) in [6.07, 6.45) is 5.77. The molecule has 0 aliphatic heterocycles. The minimum atomic E-state index is -1.48. The Balaban J connectivity index is 1.34. The number of allylic oxidation sites excluding steroid dienone is 1. The third kappa shape index (κ3) is 4.62. The van der Waals surface area contributed by atoms with E-state index >= 15 is 0 Å². The van der Waals surface area contributed by atoms with Gasteiger partial charge in [-0.3, -0.25) is 4.79 Å². The molecule has 4 aliphatic carbocycles. The van der Waals surface area contributed by atoms with E-state index in [1.165, 1.54) is 17.7 Å². The van der Waals surface area contributed by atoms with Crippen molar-refractivity contribution in [1.29, 1.82) is 5.26 Å². The Morgan fingerprint density at radius 3 is 2.70 bits per heavy atom. The van der Waals surface area contributed by atoms with E-state index in [0.29, 0.717) is 19.3 Å². The number of hydrogen-bond acceptors (Lipinski definition) is 8. The van der Waals surface area contributed by atoms with Gasteiger partial charge < -0.3 is 14.6 Å². The molecule has 6 rings (SSSR count). The molecule has 0 radical (unpaired) electrons. The highest BCUT2D eigenvalue weighted by atomic mass is 32.2. The zero-order chi connectivity index (χ0) is 30.7.